The van der Waals surface area contributed by atoms with Gasteiger partial charge in [0.25, 0.3) is 0 Å². The van der Waals surface area contributed by atoms with Crippen LogP contribution < -0.4 is 0 Å². The highest BCUT2D eigenvalue weighted by Crippen LogP contribution is 2.65. The first-order valence-electron chi connectivity index (χ1n) is 12.5. The Bertz CT molecular complexity index is 643. The van der Waals surface area contributed by atoms with Gasteiger partial charge in [0.05, 0.1) is 0 Å². The lowest BCUT2D eigenvalue weighted by Gasteiger charge is -2.53. The fourth-order valence-corrected chi connectivity index (χ4v) is 8.24. The van der Waals surface area contributed by atoms with E-state index in [1.165, 1.54) is 76.2 Å². The van der Waals surface area contributed by atoms with Crippen molar-refractivity contribution in [3.05, 3.63) is 11.1 Å². The summed E-state index contributed by atoms with van der Waals surface area (Å²) < 4.78 is 0. The van der Waals surface area contributed by atoms with Gasteiger partial charge in [-0.15, -0.1) is 0 Å². The van der Waals surface area contributed by atoms with E-state index in [4.69, 9.17) is 0 Å². The molecule has 0 unspecified atom stereocenters. The monoisotopic (exact) mass is 384 g/mol. The molecule has 4 aliphatic carbocycles. The van der Waals surface area contributed by atoms with Crippen molar-refractivity contribution in [3.63, 3.8) is 0 Å². The molecule has 6 atom stereocenters. The zero-order valence-corrected chi connectivity index (χ0v) is 19.3. The molecule has 0 N–H and O–H groups in total. The van der Waals surface area contributed by atoms with Gasteiger partial charge < -0.3 is 0 Å². The number of ketones is 1. The van der Waals surface area contributed by atoms with E-state index in [1.807, 2.05) is 0 Å². The van der Waals surface area contributed by atoms with Crippen LogP contribution in [0.3, 0.4) is 0 Å². The van der Waals surface area contributed by atoms with Crippen LogP contribution in [0.5, 0.6) is 0 Å². The Labute approximate surface area is 174 Å². The van der Waals surface area contributed by atoms with Crippen molar-refractivity contribution in [3.8, 4) is 0 Å². The maximum absolute atomic E-state index is 13.4. The van der Waals surface area contributed by atoms with Gasteiger partial charge in [0.1, 0.15) is 0 Å². The van der Waals surface area contributed by atoms with Gasteiger partial charge in [0.15, 0.2) is 5.78 Å². The summed E-state index contributed by atoms with van der Waals surface area (Å²) >= 11 is 0. The Hall–Kier alpha value is -0.590. The van der Waals surface area contributed by atoms with Crippen molar-refractivity contribution in [1.29, 1.82) is 0 Å². The van der Waals surface area contributed by atoms with Crippen LogP contribution >= 0.6 is 0 Å². The average Bonchev–Trinajstić information content (AvgIpc) is 2.99. The molecule has 0 amide bonds. The van der Waals surface area contributed by atoms with Crippen LogP contribution in [0.4, 0.5) is 0 Å². The van der Waals surface area contributed by atoms with Gasteiger partial charge in [-0.1, -0.05) is 72.3 Å². The van der Waals surface area contributed by atoms with Crippen molar-refractivity contribution >= 4 is 5.78 Å². The van der Waals surface area contributed by atoms with Gasteiger partial charge in [-0.05, 0) is 84.5 Å². The number of carbonyl (C=O) groups is 1. The molecule has 0 bridgehead atoms. The quantitative estimate of drug-likeness (QED) is 0.473. The van der Waals surface area contributed by atoms with Crippen LogP contribution in [-0.4, -0.2) is 5.78 Å². The predicted octanol–water partition coefficient (Wildman–Crippen LogP) is 7.74. The zero-order valence-electron chi connectivity index (χ0n) is 19.3. The smallest absolute Gasteiger partial charge is 0.159 e. The highest BCUT2D eigenvalue weighted by molar-refractivity contribution is 5.98. The molecule has 28 heavy (non-hydrogen) atoms. The Morgan fingerprint density at radius 1 is 1.00 bits per heavy atom. The Balaban J connectivity index is 1.58. The third-order valence-corrected chi connectivity index (χ3v) is 9.95. The maximum atomic E-state index is 13.4. The van der Waals surface area contributed by atoms with E-state index in [1.54, 1.807) is 5.57 Å². The summed E-state index contributed by atoms with van der Waals surface area (Å²) in [6.07, 6.45) is 15.5. The SMILES string of the molecule is CC(C)CCC[C@@H](C)[C@H]1CC[C@H]2C3=C(CC[C@]12C)[C@@]1(C)CCCC[C@@H]1CC3=O. The van der Waals surface area contributed by atoms with Crippen LogP contribution in [0.15, 0.2) is 11.1 Å². The second-order valence-electron chi connectivity index (χ2n) is 11.9. The van der Waals surface area contributed by atoms with Gasteiger partial charge >= 0.3 is 0 Å². The Kier molecular flexibility index (Phi) is 5.60. The maximum Gasteiger partial charge on any atom is 0.159 e. The van der Waals surface area contributed by atoms with Crippen molar-refractivity contribution < 1.29 is 4.79 Å². The van der Waals surface area contributed by atoms with Crippen molar-refractivity contribution in [2.45, 2.75) is 112 Å². The molecular formula is C27H44O. The molecule has 1 heteroatoms. The third kappa shape index (κ3) is 3.24. The van der Waals surface area contributed by atoms with E-state index in [0.717, 1.165) is 24.2 Å². The summed E-state index contributed by atoms with van der Waals surface area (Å²) in [6.45, 7) is 12.3. The molecule has 0 saturated heterocycles. The Morgan fingerprint density at radius 2 is 1.79 bits per heavy atom. The molecule has 0 aromatic heterocycles. The zero-order chi connectivity index (χ0) is 20.1. The fraction of sp³-hybridized carbons (Fsp3) is 0.889. The van der Waals surface area contributed by atoms with Crippen molar-refractivity contribution in [1.82, 2.24) is 0 Å². The minimum atomic E-state index is 0.351. The molecule has 0 aromatic rings. The van der Waals surface area contributed by atoms with Crippen molar-refractivity contribution in [2.75, 3.05) is 0 Å². The molecule has 4 rings (SSSR count). The van der Waals surface area contributed by atoms with E-state index in [0.29, 0.717) is 28.4 Å². The van der Waals surface area contributed by atoms with Crippen LogP contribution in [-0.2, 0) is 4.79 Å². The normalized spacial score (nSPS) is 41.6. The highest BCUT2D eigenvalue weighted by Gasteiger charge is 2.57. The molecule has 0 heterocycles. The summed E-state index contributed by atoms with van der Waals surface area (Å²) in [5.41, 5.74) is 3.74. The molecule has 0 aliphatic heterocycles. The van der Waals surface area contributed by atoms with Gasteiger partial charge in [-0.25, -0.2) is 0 Å². The molecule has 2 saturated carbocycles. The van der Waals surface area contributed by atoms with E-state index in [9.17, 15) is 4.79 Å². The molecule has 4 aliphatic rings. The lowest BCUT2D eigenvalue weighted by Crippen LogP contribution is -2.46. The second kappa shape index (κ2) is 7.59. The van der Waals surface area contributed by atoms with E-state index < -0.39 is 0 Å². The molecular weight excluding hydrogens is 340 g/mol. The van der Waals surface area contributed by atoms with Crippen LogP contribution in [0.25, 0.3) is 0 Å². The largest absolute Gasteiger partial charge is 0.295 e. The number of rotatable bonds is 5. The summed E-state index contributed by atoms with van der Waals surface area (Å²) in [5, 5.41) is 0. The standard InChI is InChI=1S/C27H44O/c1-18(2)9-8-10-19(3)21-12-13-22-25-23(14-16-27(21,22)5)26(4)15-7-6-11-20(26)17-24(25)28/h18-22H,6-17H2,1-5H3/t19-,20-,21-,22+,26+,27-/m1/s1. The summed E-state index contributed by atoms with van der Waals surface area (Å²) in [6, 6.07) is 0. The van der Waals surface area contributed by atoms with Gasteiger partial charge in [0.2, 0.25) is 0 Å². The average molecular weight is 385 g/mol. The van der Waals surface area contributed by atoms with Crippen molar-refractivity contribution in [2.24, 2.45) is 40.4 Å². The summed E-state index contributed by atoms with van der Waals surface area (Å²) in [7, 11) is 0. The predicted molar refractivity (Wildman–Crippen MR) is 118 cm³/mol. The summed E-state index contributed by atoms with van der Waals surface area (Å²) in [4.78, 5) is 13.4. The van der Waals surface area contributed by atoms with Crippen LogP contribution in [0, 0.1) is 40.4 Å². The van der Waals surface area contributed by atoms with Crippen LogP contribution in [0.1, 0.15) is 112 Å². The van der Waals surface area contributed by atoms with Crippen LogP contribution in [0.2, 0.25) is 0 Å². The number of fused-ring (bicyclic) bond motifs is 4. The molecule has 0 aromatic carbocycles. The number of allylic oxidation sites excluding steroid dienone is 2. The Morgan fingerprint density at radius 3 is 2.54 bits per heavy atom. The third-order valence-electron chi connectivity index (χ3n) is 9.95. The molecule has 1 nitrogen and oxygen atoms in total. The molecule has 0 spiro atoms. The number of Topliss-reactive ketones (excluding diaryl/α,β-unsaturated/α-hetero) is 1. The minimum Gasteiger partial charge on any atom is -0.295 e. The highest BCUT2D eigenvalue weighted by atomic mass is 16.1. The van der Waals surface area contributed by atoms with Gasteiger partial charge in [-0.3, -0.25) is 4.79 Å². The lowest BCUT2D eigenvalue weighted by atomic mass is 9.50. The molecule has 2 fully saturated rings. The number of carbonyl (C=O) groups excluding carboxylic acids is 1. The fourth-order valence-electron chi connectivity index (χ4n) is 8.24. The van der Waals surface area contributed by atoms with E-state index >= 15 is 0 Å². The lowest BCUT2D eigenvalue weighted by molar-refractivity contribution is -0.120. The number of hydrogen-bond donors (Lipinski definition) is 0. The first kappa shape index (κ1) is 20.7. The number of hydrogen-bond acceptors (Lipinski definition) is 1. The first-order valence-corrected chi connectivity index (χ1v) is 12.5. The topological polar surface area (TPSA) is 17.1 Å². The molecule has 0 radical (unpaired) electrons. The van der Waals surface area contributed by atoms with E-state index in [2.05, 4.69) is 34.6 Å². The molecule has 158 valence electrons. The first-order chi connectivity index (χ1) is 13.3. The summed E-state index contributed by atoms with van der Waals surface area (Å²) in [5.74, 6) is 4.23. The van der Waals surface area contributed by atoms with Gasteiger partial charge in [0, 0.05) is 6.42 Å². The van der Waals surface area contributed by atoms with Gasteiger partial charge in [-0.2, -0.15) is 0 Å². The minimum absolute atomic E-state index is 0.351. The van der Waals surface area contributed by atoms with E-state index in [-0.39, 0.29) is 0 Å². The second-order valence-corrected chi connectivity index (χ2v) is 11.9.